The Morgan fingerprint density at radius 2 is 1.75 bits per heavy atom. The molecular formula is C23H22N2O2S. The van der Waals surface area contributed by atoms with Crippen LogP contribution in [0, 0.1) is 0 Å². The van der Waals surface area contributed by atoms with Crippen molar-refractivity contribution >= 4 is 23.2 Å². The predicted octanol–water partition coefficient (Wildman–Crippen LogP) is 4.32. The van der Waals surface area contributed by atoms with Crippen LogP contribution in [0.3, 0.4) is 0 Å². The maximum atomic E-state index is 13.6. The molecular weight excluding hydrogens is 368 g/mol. The molecule has 0 spiro atoms. The van der Waals surface area contributed by atoms with Crippen molar-refractivity contribution in [3.05, 3.63) is 93.7 Å². The van der Waals surface area contributed by atoms with Gasteiger partial charge in [0.05, 0.1) is 12.0 Å². The minimum atomic E-state index is -0.425. The van der Waals surface area contributed by atoms with Crippen molar-refractivity contribution < 1.29 is 9.59 Å². The number of nitrogens with zero attached hydrogens (tertiary/aromatic N) is 2. The number of likely N-dealkylation sites (N-methyl/N-ethyl adjacent to an activating group) is 2. The molecule has 0 bridgehead atoms. The number of fused-ring (bicyclic) bond motifs is 1. The second kappa shape index (κ2) is 7.60. The third-order valence-electron chi connectivity index (χ3n) is 5.32. The SMILES string of the molecule is CN(Cc1ccccc1)C(=O)C1c2ccccc2C(=O)N(C)C1c1cccs1. The van der Waals surface area contributed by atoms with Crippen molar-refractivity contribution in [3.63, 3.8) is 0 Å². The highest BCUT2D eigenvalue weighted by atomic mass is 32.1. The van der Waals surface area contributed by atoms with Crippen molar-refractivity contribution in [2.45, 2.75) is 18.5 Å². The summed E-state index contributed by atoms with van der Waals surface area (Å²) >= 11 is 1.58. The fourth-order valence-electron chi connectivity index (χ4n) is 3.93. The largest absolute Gasteiger partial charge is 0.341 e. The van der Waals surface area contributed by atoms with E-state index in [9.17, 15) is 9.59 Å². The van der Waals surface area contributed by atoms with Gasteiger partial charge in [-0.1, -0.05) is 54.6 Å². The Morgan fingerprint density at radius 1 is 1.04 bits per heavy atom. The molecule has 1 aliphatic heterocycles. The summed E-state index contributed by atoms with van der Waals surface area (Å²) in [7, 11) is 3.62. The van der Waals surface area contributed by atoms with E-state index in [0.29, 0.717) is 12.1 Å². The Balaban J connectivity index is 1.75. The van der Waals surface area contributed by atoms with E-state index >= 15 is 0 Å². The summed E-state index contributed by atoms with van der Waals surface area (Å²) in [6.45, 7) is 0.535. The van der Waals surface area contributed by atoms with Crippen LogP contribution in [0.2, 0.25) is 0 Å². The monoisotopic (exact) mass is 390 g/mol. The van der Waals surface area contributed by atoms with Gasteiger partial charge in [-0.25, -0.2) is 0 Å². The van der Waals surface area contributed by atoms with Gasteiger partial charge in [0, 0.05) is 31.1 Å². The Morgan fingerprint density at radius 3 is 2.46 bits per heavy atom. The van der Waals surface area contributed by atoms with Crippen molar-refractivity contribution in [2.75, 3.05) is 14.1 Å². The zero-order valence-electron chi connectivity index (χ0n) is 15.9. The summed E-state index contributed by atoms with van der Waals surface area (Å²) in [5.41, 5.74) is 2.51. The maximum Gasteiger partial charge on any atom is 0.254 e. The van der Waals surface area contributed by atoms with Gasteiger partial charge < -0.3 is 9.80 Å². The van der Waals surface area contributed by atoms with Crippen LogP contribution in [0.5, 0.6) is 0 Å². The van der Waals surface area contributed by atoms with Crippen LogP contribution in [0.15, 0.2) is 72.1 Å². The van der Waals surface area contributed by atoms with E-state index in [1.54, 1.807) is 28.2 Å². The average Bonchev–Trinajstić information content (AvgIpc) is 3.25. The molecule has 2 atom stereocenters. The van der Waals surface area contributed by atoms with Gasteiger partial charge in [0.15, 0.2) is 0 Å². The maximum absolute atomic E-state index is 13.6. The molecule has 0 radical (unpaired) electrons. The van der Waals surface area contributed by atoms with Gasteiger partial charge in [-0.3, -0.25) is 9.59 Å². The number of amides is 2. The first-order valence-electron chi connectivity index (χ1n) is 9.26. The van der Waals surface area contributed by atoms with E-state index in [1.807, 2.05) is 79.2 Å². The number of benzene rings is 2. The minimum Gasteiger partial charge on any atom is -0.341 e. The van der Waals surface area contributed by atoms with E-state index < -0.39 is 5.92 Å². The molecule has 2 unspecified atom stereocenters. The van der Waals surface area contributed by atoms with Crippen LogP contribution in [-0.4, -0.2) is 35.7 Å². The molecule has 3 aromatic rings. The molecule has 142 valence electrons. The normalized spacial score (nSPS) is 18.6. The molecule has 0 N–H and O–H groups in total. The average molecular weight is 391 g/mol. The summed E-state index contributed by atoms with van der Waals surface area (Å²) in [4.78, 5) is 31.1. The lowest BCUT2D eigenvalue weighted by atomic mass is 9.81. The van der Waals surface area contributed by atoms with Crippen molar-refractivity contribution in [3.8, 4) is 0 Å². The highest BCUT2D eigenvalue weighted by molar-refractivity contribution is 7.10. The third kappa shape index (κ3) is 3.22. The number of hydrogen-bond donors (Lipinski definition) is 0. The van der Waals surface area contributed by atoms with E-state index in [-0.39, 0.29) is 17.9 Å². The van der Waals surface area contributed by atoms with Crippen LogP contribution in [0.25, 0.3) is 0 Å². The van der Waals surface area contributed by atoms with Crippen molar-refractivity contribution in [1.82, 2.24) is 9.80 Å². The van der Waals surface area contributed by atoms with Gasteiger partial charge in [-0.2, -0.15) is 0 Å². The second-order valence-corrected chi connectivity index (χ2v) is 8.10. The topological polar surface area (TPSA) is 40.6 Å². The molecule has 0 saturated carbocycles. The molecule has 1 aliphatic rings. The summed E-state index contributed by atoms with van der Waals surface area (Å²) < 4.78 is 0. The lowest BCUT2D eigenvalue weighted by molar-refractivity contribution is -0.133. The van der Waals surface area contributed by atoms with Gasteiger partial charge in [-0.05, 0) is 28.6 Å². The van der Waals surface area contributed by atoms with Gasteiger partial charge in [-0.15, -0.1) is 11.3 Å². The first kappa shape index (κ1) is 18.4. The highest BCUT2D eigenvalue weighted by Gasteiger charge is 2.43. The molecule has 0 aliphatic carbocycles. The van der Waals surface area contributed by atoms with E-state index in [0.717, 1.165) is 16.0 Å². The van der Waals surface area contributed by atoms with Gasteiger partial charge >= 0.3 is 0 Å². The molecule has 1 aromatic heterocycles. The summed E-state index contributed by atoms with van der Waals surface area (Å²) in [5, 5.41) is 1.99. The standard InChI is InChI=1S/C23H22N2O2S/c1-24(15-16-9-4-3-5-10-16)23(27)20-17-11-6-7-12-18(17)22(26)25(2)21(20)19-13-8-14-28-19/h3-14,20-21H,15H2,1-2H3. The van der Waals surface area contributed by atoms with Crippen LogP contribution in [-0.2, 0) is 11.3 Å². The summed E-state index contributed by atoms with van der Waals surface area (Å²) in [5.74, 6) is -0.441. The zero-order valence-corrected chi connectivity index (χ0v) is 16.7. The number of carbonyl (C=O) groups is 2. The zero-order chi connectivity index (χ0) is 19.7. The first-order chi connectivity index (χ1) is 13.6. The Bertz CT molecular complexity index is 985. The number of hydrogen-bond acceptors (Lipinski definition) is 3. The Hall–Kier alpha value is -2.92. The molecule has 2 aromatic carbocycles. The smallest absolute Gasteiger partial charge is 0.254 e. The summed E-state index contributed by atoms with van der Waals surface area (Å²) in [6, 6.07) is 21.1. The predicted molar refractivity (Wildman–Crippen MR) is 111 cm³/mol. The molecule has 28 heavy (non-hydrogen) atoms. The first-order valence-corrected chi connectivity index (χ1v) is 10.1. The van der Waals surface area contributed by atoms with Crippen molar-refractivity contribution in [1.29, 1.82) is 0 Å². The van der Waals surface area contributed by atoms with E-state index in [2.05, 4.69) is 0 Å². The van der Waals surface area contributed by atoms with Gasteiger partial charge in [0.1, 0.15) is 0 Å². The second-order valence-electron chi connectivity index (χ2n) is 7.12. The molecule has 4 rings (SSSR count). The molecule has 5 heteroatoms. The van der Waals surface area contributed by atoms with E-state index in [1.165, 1.54) is 0 Å². The third-order valence-corrected chi connectivity index (χ3v) is 6.26. The minimum absolute atomic E-state index is 0.0223. The number of carbonyl (C=O) groups excluding carboxylic acids is 2. The number of rotatable bonds is 4. The van der Waals surface area contributed by atoms with Crippen molar-refractivity contribution in [2.24, 2.45) is 0 Å². The molecule has 2 heterocycles. The molecule has 2 amide bonds. The lowest BCUT2D eigenvalue weighted by Crippen LogP contribution is -2.45. The quantitative estimate of drug-likeness (QED) is 0.666. The Labute approximate surface area is 169 Å². The highest BCUT2D eigenvalue weighted by Crippen LogP contribution is 2.44. The van der Waals surface area contributed by atoms with Crippen LogP contribution in [0.1, 0.15) is 38.3 Å². The van der Waals surface area contributed by atoms with Crippen LogP contribution >= 0.6 is 11.3 Å². The fourth-order valence-corrected chi connectivity index (χ4v) is 4.83. The number of thiophene rings is 1. The van der Waals surface area contributed by atoms with E-state index in [4.69, 9.17) is 0 Å². The van der Waals surface area contributed by atoms with Gasteiger partial charge in [0.2, 0.25) is 5.91 Å². The summed E-state index contributed by atoms with van der Waals surface area (Å²) in [6.07, 6.45) is 0. The van der Waals surface area contributed by atoms with Crippen LogP contribution in [0.4, 0.5) is 0 Å². The fraction of sp³-hybridized carbons (Fsp3) is 0.217. The van der Waals surface area contributed by atoms with Gasteiger partial charge in [0.25, 0.3) is 5.91 Å². The molecule has 0 fully saturated rings. The lowest BCUT2D eigenvalue weighted by Gasteiger charge is -2.40. The molecule has 4 nitrogen and oxygen atoms in total. The van der Waals surface area contributed by atoms with Crippen LogP contribution < -0.4 is 0 Å². The Kier molecular flexibility index (Phi) is 5.01. The molecule has 0 saturated heterocycles.